The van der Waals surface area contributed by atoms with Crippen LogP contribution in [0.5, 0.6) is 0 Å². The molecule has 2 heterocycles. The lowest BCUT2D eigenvalue weighted by molar-refractivity contribution is -0.137. The van der Waals surface area contributed by atoms with Crippen molar-refractivity contribution in [2.24, 2.45) is 0 Å². The van der Waals surface area contributed by atoms with Gasteiger partial charge in [0.05, 0.1) is 16.7 Å². The van der Waals surface area contributed by atoms with Crippen LogP contribution < -0.4 is 5.32 Å². The highest BCUT2D eigenvalue weighted by atomic mass is 19.4. The second-order valence-electron chi connectivity index (χ2n) is 6.59. The normalized spacial score (nSPS) is 15.4. The number of alkyl halides is 3. The molecule has 1 N–H and O–H groups in total. The molecule has 1 aromatic carbocycles. The van der Waals surface area contributed by atoms with E-state index in [0.29, 0.717) is 18.7 Å². The largest absolute Gasteiger partial charge is 0.416 e. The van der Waals surface area contributed by atoms with Crippen molar-refractivity contribution in [3.05, 3.63) is 59.4 Å². The molecule has 0 aliphatic carbocycles. The lowest BCUT2D eigenvalue weighted by Crippen LogP contribution is -2.47. The van der Waals surface area contributed by atoms with Crippen LogP contribution in [0.1, 0.15) is 26.3 Å². The highest BCUT2D eigenvalue weighted by Crippen LogP contribution is 2.29. The molecule has 0 spiro atoms. The summed E-state index contributed by atoms with van der Waals surface area (Å²) in [6, 6.07) is 5.57. The number of aromatic nitrogens is 1. The van der Waals surface area contributed by atoms with E-state index >= 15 is 0 Å². The molecule has 0 radical (unpaired) electrons. The van der Waals surface area contributed by atoms with E-state index in [-0.39, 0.29) is 17.2 Å². The second-order valence-corrected chi connectivity index (χ2v) is 6.59. The third kappa shape index (κ3) is 4.66. The number of amides is 2. The van der Waals surface area contributed by atoms with Crippen molar-refractivity contribution in [3.8, 4) is 0 Å². The number of halogens is 3. The fraction of sp³-hybridized carbons (Fsp3) is 0.316. The minimum atomic E-state index is -4.44. The molecule has 1 aromatic heterocycles. The van der Waals surface area contributed by atoms with Gasteiger partial charge in [0.2, 0.25) is 0 Å². The Morgan fingerprint density at radius 2 is 1.61 bits per heavy atom. The van der Waals surface area contributed by atoms with Gasteiger partial charge in [0.15, 0.2) is 0 Å². The number of nitrogens with zero attached hydrogens (tertiary/aromatic N) is 3. The standard InChI is InChI=1S/C19H19F3N4O2/c1-25-6-8-26(9-7-25)18(28)14-10-13(11-23-12-14)17(27)24-16-4-2-15(3-5-16)19(20,21)22/h2-5,10-12H,6-9H2,1H3,(H,24,27). The van der Waals surface area contributed by atoms with Gasteiger partial charge in [-0.2, -0.15) is 13.2 Å². The van der Waals surface area contributed by atoms with Gasteiger partial charge in [-0.1, -0.05) is 0 Å². The smallest absolute Gasteiger partial charge is 0.336 e. The maximum atomic E-state index is 12.6. The topological polar surface area (TPSA) is 65.5 Å². The van der Waals surface area contributed by atoms with Gasteiger partial charge in [0, 0.05) is 44.3 Å². The summed E-state index contributed by atoms with van der Waals surface area (Å²) in [4.78, 5) is 32.8. The van der Waals surface area contributed by atoms with E-state index in [9.17, 15) is 22.8 Å². The van der Waals surface area contributed by atoms with Crippen molar-refractivity contribution >= 4 is 17.5 Å². The van der Waals surface area contributed by atoms with Crippen LogP contribution in [-0.2, 0) is 6.18 Å². The Labute approximate surface area is 160 Å². The number of piperazine rings is 1. The molecule has 1 fully saturated rings. The first kappa shape index (κ1) is 19.8. The van der Waals surface area contributed by atoms with Gasteiger partial charge >= 0.3 is 6.18 Å². The maximum absolute atomic E-state index is 12.6. The summed E-state index contributed by atoms with van der Waals surface area (Å²) < 4.78 is 37.8. The molecular formula is C19H19F3N4O2. The van der Waals surface area contributed by atoms with Gasteiger partial charge in [-0.15, -0.1) is 0 Å². The zero-order valence-electron chi connectivity index (χ0n) is 15.2. The molecule has 2 amide bonds. The second kappa shape index (κ2) is 7.97. The first-order chi connectivity index (χ1) is 13.2. The van der Waals surface area contributed by atoms with Crippen molar-refractivity contribution in [2.45, 2.75) is 6.18 Å². The molecule has 6 nitrogen and oxygen atoms in total. The zero-order chi connectivity index (χ0) is 20.3. The summed E-state index contributed by atoms with van der Waals surface area (Å²) in [5.74, 6) is -0.759. The first-order valence-corrected chi connectivity index (χ1v) is 8.65. The monoisotopic (exact) mass is 392 g/mol. The molecule has 9 heteroatoms. The molecule has 0 unspecified atom stereocenters. The molecule has 3 rings (SSSR count). The van der Waals surface area contributed by atoms with Gasteiger partial charge in [0.1, 0.15) is 0 Å². The number of benzene rings is 1. The summed E-state index contributed by atoms with van der Waals surface area (Å²) >= 11 is 0. The maximum Gasteiger partial charge on any atom is 0.416 e. The molecule has 1 aliphatic heterocycles. The summed E-state index contributed by atoms with van der Waals surface area (Å²) in [6.07, 6.45) is -1.74. The van der Waals surface area contributed by atoms with Crippen LogP contribution in [0.4, 0.5) is 18.9 Å². The fourth-order valence-corrected chi connectivity index (χ4v) is 2.82. The lowest BCUT2D eigenvalue weighted by atomic mass is 10.1. The van der Waals surface area contributed by atoms with Crippen molar-refractivity contribution in [1.29, 1.82) is 0 Å². The molecular weight excluding hydrogens is 373 g/mol. The number of hydrogen-bond donors (Lipinski definition) is 1. The predicted molar refractivity (Wildman–Crippen MR) is 97.0 cm³/mol. The average molecular weight is 392 g/mol. The van der Waals surface area contributed by atoms with Crippen molar-refractivity contribution < 1.29 is 22.8 Å². The highest BCUT2D eigenvalue weighted by Gasteiger charge is 2.30. The minimum absolute atomic E-state index is 0.153. The summed E-state index contributed by atoms with van der Waals surface area (Å²) in [5, 5.41) is 2.51. The molecule has 0 bridgehead atoms. The highest BCUT2D eigenvalue weighted by molar-refractivity contribution is 6.05. The van der Waals surface area contributed by atoms with E-state index in [2.05, 4.69) is 15.2 Å². The van der Waals surface area contributed by atoms with E-state index in [4.69, 9.17) is 0 Å². The Balaban J connectivity index is 1.69. The Bertz CT molecular complexity index is 860. The molecule has 2 aromatic rings. The molecule has 1 saturated heterocycles. The van der Waals surface area contributed by atoms with E-state index in [0.717, 1.165) is 25.2 Å². The number of pyridine rings is 1. The van der Waals surface area contributed by atoms with E-state index in [1.807, 2.05) is 7.05 Å². The van der Waals surface area contributed by atoms with Crippen molar-refractivity contribution in [3.63, 3.8) is 0 Å². The number of likely N-dealkylation sites (N-methyl/N-ethyl adjacent to an activating group) is 1. The van der Waals surface area contributed by atoms with Gasteiger partial charge in [-0.25, -0.2) is 0 Å². The minimum Gasteiger partial charge on any atom is -0.336 e. The van der Waals surface area contributed by atoms with Crippen LogP contribution in [0.3, 0.4) is 0 Å². The quantitative estimate of drug-likeness (QED) is 0.873. The number of anilines is 1. The van der Waals surface area contributed by atoms with Gasteiger partial charge < -0.3 is 15.1 Å². The summed E-state index contributed by atoms with van der Waals surface area (Å²) in [7, 11) is 1.98. The van der Waals surface area contributed by atoms with E-state index < -0.39 is 17.6 Å². The lowest BCUT2D eigenvalue weighted by Gasteiger charge is -2.32. The third-order valence-corrected chi connectivity index (χ3v) is 4.51. The number of carbonyl (C=O) groups is 2. The molecule has 148 valence electrons. The Morgan fingerprint density at radius 3 is 2.21 bits per heavy atom. The van der Waals surface area contributed by atoms with Crippen molar-refractivity contribution in [1.82, 2.24) is 14.8 Å². The van der Waals surface area contributed by atoms with Crippen LogP contribution in [0.25, 0.3) is 0 Å². The molecule has 0 atom stereocenters. The Hall–Kier alpha value is -2.94. The van der Waals surface area contributed by atoms with Crippen molar-refractivity contribution in [2.75, 3.05) is 38.5 Å². The van der Waals surface area contributed by atoms with E-state index in [1.54, 1.807) is 4.90 Å². The van der Waals surface area contributed by atoms with Crippen LogP contribution >= 0.6 is 0 Å². The third-order valence-electron chi connectivity index (χ3n) is 4.51. The van der Waals surface area contributed by atoms with Crippen LogP contribution in [0, 0.1) is 0 Å². The van der Waals surface area contributed by atoms with E-state index in [1.165, 1.54) is 30.6 Å². The van der Waals surface area contributed by atoms with Crippen LogP contribution in [0.2, 0.25) is 0 Å². The molecule has 0 saturated carbocycles. The summed E-state index contributed by atoms with van der Waals surface area (Å²) in [6.45, 7) is 2.73. The number of nitrogens with one attached hydrogen (secondary N) is 1. The first-order valence-electron chi connectivity index (χ1n) is 8.65. The number of hydrogen-bond acceptors (Lipinski definition) is 4. The Morgan fingerprint density at radius 1 is 1.00 bits per heavy atom. The predicted octanol–water partition coefficient (Wildman–Crippen LogP) is 2.74. The van der Waals surface area contributed by atoms with Gasteiger partial charge in [-0.3, -0.25) is 14.6 Å². The van der Waals surface area contributed by atoms with Gasteiger partial charge in [-0.05, 0) is 37.4 Å². The van der Waals surface area contributed by atoms with Crippen LogP contribution in [0.15, 0.2) is 42.7 Å². The molecule has 1 aliphatic rings. The SMILES string of the molecule is CN1CCN(C(=O)c2cncc(C(=O)Nc3ccc(C(F)(F)F)cc3)c2)CC1. The fourth-order valence-electron chi connectivity index (χ4n) is 2.82. The number of carbonyl (C=O) groups excluding carboxylic acids is 2. The summed E-state index contributed by atoms with van der Waals surface area (Å²) in [5.41, 5.74) is -0.134. The average Bonchev–Trinajstić information content (AvgIpc) is 2.68. The zero-order valence-corrected chi connectivity index (χ0v) is 15.2. The number of rotatable bonds is 3. The van der Waals surface area contributed by atoms with Gasteiger partial charge in [0.25, 0.3) is 11.8 Å². The molecule has 28 heavy (non-hydrogen) atoms. The van der Waals surface area contributed by atoms with Crippen LogP contribution in [-0.4, -0.2) is 59.8 Å². The Kier molecular flexibility index (Phi) is 5.64.